The van der Waals surface area contributed by atoms with Crippen LogP contribution in [0.5, 0.6) is 0 Å². The SMILES string of the molecule is Cn1cc(C#CC(C)(C)C)c(-c2cc([N+](=O)[O-])ccc2CCc2cccc3ccccc23)n1. The molecular weight excluding hydrogens is 410 g/mol. The van der Waals surface area contributed by atoms with Gasteiger partial charge in [0.25, 0.3) is 5.69 Å². The first kappa shape index (κ1) is 22.3. The smallest absolute Gasteiger partial charge is 0.270 e. The van der Waals surface area contributed by atoms with Crippen molar-refractivity contribution in [1.29, 1.82) is 0 Å². The van der Waals surface area contributed by atoms with Gasteiger partial charge in [0.15, 0.2) is 0 Å². The number of nitrogens with zero attached hydrogens (tertiary/aromatic N) is 3. The molecule has 1 heterocycles. The molecule has 0 atom stereocenters. The number of non-ortho nitro benzene ring substituents is 1. The van der Waals surface area contributed by atoms with Gasteiger partial charge in [-0.15, -0.1) is 0 Å². The molecule has 33 heavy (non-hydrogen) atoms. The van der Waals surface area contributed by atoms with Crippen molar-refractivity contribution in [2.24, 2.45) is 12.5 Å². The highest BCUT2D eigenvalue weighted by Crippen LogP contribution is 2.31. The number of nitro benzene ring substituents is 1. The molecule has 5 nitrogen and oxygen atoms in total. The topological polar surface area (TPSA) is 61.0 Å². The third-order valence-corrected chi connectivity index (χ3v) is 5.50. The number of nitro groups is 1. The first-order valence-corrected chi connectivity index (χ1v) is 11.0. The van der Waals surface area contributed by atoms with E-state index in [0.717, 1.165) is 29.5 Å². The highest BCUT2D eigenvalue weighted by molar-refractivity contribution is 5.85. The zero-order valence-corrected chi connectivity index (χ0v) is 19.4. The second-order valence-electron chi connectivity index (χ2n) is 9.30. The summed E-state index contributed by atoms with van der Waals surface area (Å²) >= 11 is 0. The van der Waals surface area contributed by atoms with Crippen molar-refractivity contribution in [3.63, 3.8) is 0 Å². The van der Waals surface area contributed by atoms with Gasteiger partial charge in [-0.2, -0.15) is 5.10 Å². The molecule has 0 aliphatic heterocycles. The second-order valence-corrected chi connectivity index (χ2v) is 9.30. The Kier molecular flexibility index (Phi) is 6.02. The molecule has 0 radical (unpaired) electrons. The van der Waals surface area contributed by atoms with Gasteiger partial charge in [-0.1, -0.05) is 60.4 Å². The van der Waals surface area contributed by atoms with E-state index in [-0.39, 0.29) is 16.0 Å². The number of hydrogen-bond donors (Lipinski definition) is 0. The quantitative estimate of drug-likeness (QED) is 0.208. The van der Waals surface area contributed by atoms with Gasteiger partial charge in [-0.05, 0) is 55.5 Å². The molecule has 166 valence electrons. The minimum absolute atomic E-state index is 0.0549. The van der Waals surface area contributed by atoms with Gasteiger partial charge in [0, 0.05) is 36.4 Å². The van der Waals surface area contributed by atoms with E-state index < -0.39 is 0 Å². The number of benzene rings is 3. The van der Waals surface area contributed by atoms with E-state index in [4.69, 9.17) is 0 Å². The number of fused-ring (bicyclic) bond motifs is 1. The summed E-state index contributed by atoms with van der Waals surface area (Å²) in [6, 6.07) is 19.7. The largest absolute Gasteiger partial charge is 0.274 e. The maximum Gasteiger partial charge on any atom is 0.270 e. The summed E-state index contributed by atoms with van der Waals surface area (Å²) in [5, 5.41) is 18.6. The van der Waals surface area contributed by atoms with Crippen molar-refractivity contribution in [2.75, 3.05) is 0 Å². The van der Waals surface area contributed by atoms with E-state index in [1.165, 1.54) is 16.3 Å². The number of hydrogen-bond acceptors (Lipinski definition) is 3. The molecule has 1 aromatic heterocycles. The van der Waals surface area contributed by atoms with Crippen molar-refractivity contribution >= 4 is 16.5 Å². The Morgan fingerprint density at radius 2 is 1.73 bits per heavy atom. The van der Waals surface area contributed by atoms with Gasteiger partial charge in [0.1, 0.15) is 5.69 Å². The van der Waals surface area contributed by atoms with Crippen LogP contribution in [0.2, 0.25) is 0 Å². The monoisotopic (exact) mass is 437 g/mol. The molecule has 3 aromatic carbocycles. The average molecular weight is 438 g/mol. The molecule has 0 unspecified atom stereocenters. The molecular formula is C28H27N3O2. The fourth-order valence-electron chi connectivity index (χ4n) is 3.93. The number of rotatable bonds is 5. The van der Waals surface area contributed by atoms with Crippen LogP contribution in [0.1, 0.15) is 37.5 Å². The molecule has 0 bridgehead atoms. The summed E-state index contributed by atoms with van der Waals surface area (Å²) in [6.07, 6.45) is 3.44. The van der Waals surface area contributed by atoms with Crippen molar-refractivity contribution in [3.8, 4) is 23.1 Å². The van der Waals surface area contributed by atoms with Gasteiger partial charge < -0.3 is 0 Å². The average Bonchev–Trinajstić information content (AvgIpc) is 3.16. The molecule has 0 fully saturated rings. The Bertz CT molecular complexity index is 1390. The zero-order valence-electron chi connectivity index (χ0n) is 19.4. The minimum Gasteiger partial charge on any atom is -0.274 e. The fraction of sp³-hybridized carbons (Fsp3) is 0.250. The molecule has 0 spiro atoms. The predicted molar refractivity (Wildman–Crippen MR) is 133 cm³/mol. The van der Waals surface area contributed by atoms with Gasteiger partial charge in [-0.3, -0.25) is 14.8 Å². The maximum atomic E-state index is 11.5. The van der Waals surface area contributed by atoms with Crippen LogP contribution in [0.15, 0.2) is 66.9 Å². The van der Waals surface area contributed by atoms with Crippen LogP contribution < -0.4 is 0 Å². The molecule has 0 aliphatic carbocycles. The maximum absolute atomic E-state index is 11.5. The van der Waals surface area contributed by atoms with Crippen LogP contribution >= 0.6 is 0 Å². The summed E-state index contributed by atoms with van der Waals surface area (Å²) in [6.45, 7) is 6.16. The van der Waals surface area contributed by atoms with Gasteiger partial charge >= 0.3 is 0 Å². The Balaban J connectivity index is 1.77. The van der Waals surface area contributed by atoms with Crippen LogP contribution in [0, 0.1) is 27.4 Å². The normalized spacial score (nSPS) is 11.3. The third-order valence-electron chi connectivity index (χ3n) is 5.50. The molecule has 0 saturated carbocycles. The lowest BCUT2D eigenvalue weighted by Gasteiger charge is -2.11. The van der Waals surface area contributed by atoms with Crippen LogP contribution in [-0.2, 0) is 19.9 Å². The lowest BCUT2D eigenvalue weighted by molar-refractivity contribution is -0.384. The lowest BCUT2D eigenvalue weighted by Crippen LogP contribution is -2.00. The molecule has 4 rings (SSSR count). The summed E-state index contributed by atoms with van der Waals surface area (Å²) in [5.74, 6) is 6.50. The number of aromatic nitrogens is 2. The Morgan fingerprint density at radius 3 is 2.48 bits per heavy atom. The van der Waals surface area contributed by atoms with E-state index in [2.05, 4.69) is 74.1 Å². The van der Waals surface area contributed by atoms with Crippen molar-refractivity contribution in [1.82, 2.24) is 9.78 Å². The van der Waals surface area contributed by atoms with E-state index in [9.17, 15) is 10.1 Å². The zero-order chi connectivity index (χ0) is 23.6. The predicted octanol–water partition coefficient (Wildman–Crippen LogP) is 6.33. The van der Waals surface area contributed by atoms with Crippen molar-refractivity contribution in [3.05, 3.63) is 93.7 Å². The van der Waals surface area contributed by atoms with Gasteiger partial charge in [0.2, 0.25) is 0 Å². The van der Waals surface area contributed by atoms with Crippen LogP contribution in [-0.4, -0.2) is 14.7 Å². The third kappa shape index (κ3) is 5.12. The first-order chi connectivity index (χ1) is 15.7. The minimum atomic E-state index is -0.360. The Labute approximate surface area is 194 Å². The van der Waals surface area contributed by atoms with Crippen molar-refractivity contribution < 1.29 is 4.92 Å². The van der Waals surface area contributed by atoms with Crippen LogP contribution in [0.3, 0.4) is 0 Å². The summed E-state index contributed by atoms with van der Waals surface area (Å²) in [4.78, 5) is 11.2. The summed E-state index contributed by atoms with van der Waals surface area (Å²) < 4.78 is 1.72. The molecule has 4 aromatic rings. The van der Waals surface area contributed by atoms with Gasteiger partial charge in [0.05, 0.1) is 10.5 Å². The fourth-order valence-corrected chi connectivity index (χ4v) is 3.93. The second kappa shape index (κ2) is 8.91. The Morgan fingerprint density at radius 1 is 1.00 bits per heavy atom. The molecule has 0 N–H and O–H groups in total. The molecule has 5 heteroatoms. The highest BCUT2D eigenvalue weighted by Gasteiger charge is 2.18. The summed E-state index contributed by atoms with van der Waals surface area (Å²) in [7, 11) is 1.85. The van der Waals surface area contributed by atoms with E-state index in [1.807, 2.05) is 25.4 Å². The van der Waals surface area contributed by atoms with E-state index in [1.54, 1.807) is 16.8 Å². The van der Waals surface area contributed by atoms with Gasteiger partial charge in [-0.25, -0.2) is 0 Å². The van der Waals surface area contributed by atoms with Crippen molar-refractivity contribution in [2.45, 2.75) is 33.6 Å². The lowest BCUT2D eigenvalue weighted by atomic mass is 9.93. The number of aryl methyl sites for hydroxylation is 3. The molecule has 0 saturated heterocycles. The summed E-state index contributed by atoms with van der Waals surface area (Å²) in [5.41, 5.74) is 4.40. The van der Waals surface area contributed by atoms with Crippen LogP contribution in [0.25, 0.3) is 22.0 Å². The molecule has 0 aliphatic rings. The Hall–Kier alpha value is -3.91. The van der Waals surface area contributed by atoms with E-state index >= 15 is 0 Å². The standard InChI is InChI=1S/C28H27N3O2/c1-28(2,3)17-16-23-19-30(4)29-27(23)26-18-24(31(32)33)15-14-22(26)13-12-21-10-7-9-20-8-5-6-11-25(20)21/h5-11,14-15,18-19H,12-13H2,1-4H3. The first-order valence-electron chi connectivity index (χ1n) is 11.0. The van der Waals surface area contributed by atoms with E-state index in [0.29, 0.717) is 5.69 Å². The van der Waals surface area contributed by atoms with Crippen LogP contribution in [0.4, 0.5) is 5.69 Å². The highest BCUT2D eigenvalue weighted by atomic mass is 16.6. The molecule has 0 amide bonds.